The van der Waals surface area contributed by atoms with Gasteiger partial charge in [-0.25, -0.2) is 4.79 Å². The van der Waals surface area contributed by atoms with Crippen LogP contribution in [0.15, 0.2) is 54.6 Å². The van der Waals surface area contributed by atoms with Crippen LogP contribution < -0.4 is 5.73 Å². The van der Waals surface area contributed by atoms with Crippen molar-refractivity contribution >= 4 is 17.7 Å². The largest absolute Gasteiger partial charge is 0.478 e. The number of benzene rings is 2. The number of aromatic carboxylic acids is 1. The molecule has 3 rings (SSSR count). The Labute approximate surface area is 168 Å². The van der Waals surface area contributed by atoms with E-state index in [9.17, 15) is 19.5 Å². The third-order valence-electron chi connectivity index (χ3n) is 5.16. The number of nitrogens with two attached hydrogens (primary N) is 1. The molecule has 148 valence electrons. The van der Waals surface area contributed by atoms with Crippen LogP contribution in [0.1, 0.15) is 48.8 Å². The molecular formula is C23H22N2O4. The lowest BCUT2D eigenvalue weighted by molar-refractivity contribution is -0.114. The molecule has 1 aromatic heterocycles. The van der Waals surface area contributed by atoms with Crippen molar-refractivity contribution in [3.05, 3.63) is 93.8 Å². The topological polar surface area (TPSA) is 102 Å². The number of Topliss-reactive ketones (excluding diaryl/α,β-unsaturated/α-hetero) is 1. The highest BCUT2D eigenvalue weighted by molar-refractivity contribution is 6.43. The first-order valence-electron chi connectivity index (χ1n) is 9.19. The molecule has 6 heteroatoms. The molecule has 0 aliphatic rings. The van der Waals surface area contributed by atoms with E-state index in [0.29, 0.717) is 23.4 Å². The lowest BCUT2D eigenvalue weighted by atomic mass is 9.95. The maximum absolute atomic E-state index is 12.6. The molecular weight excluding hydrogens is 368 g/mol. The standard InChI is InChI=1S/C23H22N2O4/c1-14-19(12-17-10-6-7-11-18(17)23(28)29)20(21(26)22(24)27)15(2)25(14)13-16-8-4-3-5-9-16/h3-11H,12-13H2,1-2H3,(H2,24,27)(H,28,29). The van der Waals surface area contributed by atoms with Gasteiger partial charge in [0.15, 0.2) is 0 Å². The minimum absolute atomic E-state index is 0.165. The number of carboxylic acid groups (broad SMARTS) is 1. The average Bonchev–Trinajstić information content (AvgIpc) is 2.92. The molecule has 29 heavy (non-hydrogen) atoms. The van der Waals surface area contributed by atoms with E-state index in [1.807, 2.05) is 41.8 Å². The minimum Gasteiger partial charge on any atom is -0.478 e. The fourth-order valence-electron chi connectivity index (χ4n) is 3.67. The summed E-state index contributed by atoms with van der Waals surface area (Å²) in [5, 5.41) is 9.49. The summed E-state index contributed by atoms with van der Waals surface area (Å²) in [6.07, 6.45) is 0.214. The van der Waals surface area contributed by atoms with Crippen LogP contribution >= 0.6 is 0 Å². The second kappa shape index (κ2) is 8.14. The molecule has 1 heterocycles. The Hall–Kier alpha value is -3.67. The van der Waals surface area contributed by atoms with Crippen molar-refractivity contribution in [1.29, 1.82) is 0 Å². The van der Waals surface area contributed by atoms with Crippen molar-refractivity contribution in [3.63, 3.8) is 0 Å². The number of rotatable bonds is 7. The summed E-state index contributed by atoms with van der Waals surface area (Å²) in [6, 6.07) is 16.4. The molecule has 2 aromatic carbocycles. The normalized spacial score (nSPS) is 10.7. The summed E-state index contributed by atoms with van der Waals surface area (Å²) in [7, 11) is 0. The number of primary amides is 1. The summed E-state index contributed by atoms with van der Waals surface area (Å²) in [5.41, 5.74) is 9.39. The Morgan fingerprint density at radius 2 is 1.55 bits per heavy atom. The number of carboxylic acids is 1. The van der Waals surface area contributed by atoms with Crippen LogP contribution in [-0.2, 0) is 17.8 Å². The third kappa shape index (κ3) is 3.96. The van der Waals surface area contributed by atoms with Gasteiger partial charge in [0.25, 0.3) is 11.7 Å². The van der Waals surface area contributed by atoms with E-state index in [1.165, 1.54) is 6.07 Å². The number of carbonyl (C=O) groups excluding carboxylic acids is 2. The van der Waals surface area contributed by atoms with E-state index in [-0.39, 0.29) is 17.5 Å². The Bertz CT molecular complexity index is 1100. The molecule has 3 N–H and O–H groups in total. The predicted octanol–water partition coefficient (Wildman–Crippen LogP) is 3.11. The molecule has 0 aliphatic heterocycles. The van der Waals surface area contributed by atoms with Crippen molar-refractivity contribution in [1.82, 2.24) is 4.57 Å². The number of hydrogen-bond donors (Lipinski definition) is 2. The Morgan fingerprint density at radius 3 is 2.17 bits per heavy atom. The summed E-state index contributed by atoms with van der Waals surface area (Å²) in [6.45, 7) is 4.17. The molecule has 0 fully saturated rings. The quantitative estimate of drug-likeness (QED) is 0.478. The highest BCUT2D eigenvalue weighted by Gasteiger charge is 2.27. The third-order valence-corrected chi connectivity index (χ3v) is 5.16. The van der Waals surface area contributed by atoms with Gasteiger partial charge in [0.05, 0.1) is 11.1 Å². The Balaban J connectivity index is 2.15. The van der Waals surface area contributed by atoms with Crippen LogP contribution in [0.25, 0.3) is 0 Å². The van der Waals surface area contributed by atoms with Gasteiger partial charge < -0.3 is 15.4 Å². The van der Waals surface area contributed by atoms with Crippen LogP contribution in [0.4, 0.5) is 0 Å². The number of hydrogen-bond acceptors (Lipinski definition) is 3. The predicted molar refractivity (Wildman–Crippen MR) is 109 cm³/mol. The van der Waals surface area contributed by atoms with E-state index in [2.05, 4.69) is 0 Å². The van der Waals surface area contributed by atoms with Gasteiger partial charge in [-0.2, -0.15) is 0 Å². The van der Waals surface area contributed by atoms with Crippen molar-refractivity contribution in [3.8, 4) is 0 Å². The zero-order valence-corrected chi connectivity index (χ0v) is 16.3. The molecule has 1 amide bonds. The first-order chi connectivity index (χ1) is 13.8. The lowest BCUT2D eigenvalue weighted by Gasteiger charge is -2.10. The van der Waals surface area contributed by atoms with Gasteiger partial charge in [-0.3, -0.25) is 9.59 Å². The van der Waals surface area contributed by atoms with Gasteiger partial charge in [-0.1, -0.05) is 48.5 Å². The molecule has 0 bridgehead atoms. The first-order valence-corrected chi connectivity index (χ1v) is 9.19. The number of ketones is 1. The highest BCUT2D eigenvalue weighted by atomic mass is 16.4. The van der Waals surface area contributed by atoms with E-state index in [4.69, 9.17) is 5.73 Å². The van der Waals surface area contributed by atoms with E-state index in [1.54, 1.807) is 25.1 Å². The van der Waals surface area contributed by atoms with E-state index in [0.717, 1.165) is 11.3 Å². The van der Waals surface area contributed by atoms with Crippen LogP contribution in [0, 0.1) is 13.8 Å². The zero-order valence-electron chi connectivity index (χ0n) is 16.3. The number of carbonyl (C=O) groups is 3. The number of nitrogens with zero attached hydrogens (tertiary/aromatic N) is 1. The maximum Gasteiger partial charge on any atom is 0.335 e. The first kappa shape index (κ1) is 20.1. The van der Waals surface area contributed by atoms with Crippen molar-refractivity contribution in [2.75, 3.05) is 0 Å². The fraction of sp³-hybridized carbons (Fsp3) is 0.174. The second-order valence-corrected chi connectivity index (χ2v) is 6.93. The molecule has 6 nitrogen and oxygen atoms in total. The summed E-state index contributed by atoms with van der Waals surface area (Å²) in [5.74, 6) is -2.83. The van der Waals surface area contributed by atoms with E-state index >= 15 is 0 Å². The van der Waals surface area contributed by atoms with Gasteiger partial charge in [0.1, 0.15) is 0 Å². The SMILES string of the molecule is Cc1c(Cc2ccccc2C(=O)O)c(C(=O)C(N)=O)c(C)n1Cc1ccccc1. The maximum atomic E-state index is 12.6. The molecule has 0 saturated carbocycles. The van der Waals surface area contributed by atoms with Gasteiger partial charge >= 0.3 is 5.97 Å². The van der Waals surface area contributed by atoms with Crippen molar-refractivity contribution in [2.24, 2.45) is 5.73 Å². The molecule has 0 spiro atoms. The molecule has 0 saturated heterocycles. The summed E-state index contributed by atoms with van der Waals surface area (Å²) in [4.78, 5) is 35.9. The zero-order chi connectivity index (χ0) is 21.1. The van der Waals surface area contributed by atoms with Crippen LogP contribution in [-0.4, -0.2) is 27.3 Å². The van der Waals surface area contributed by atoms with E-state index < -0.39 is 17.7 Å². The molecule has 0 unspecified atom stereocenters. The van der Waals surface area contributed by atoms with Gasteiger partial charge in [-0.05, 0) is 36.6 Å². The van der Waals surface area contributed by atoms with Crippen molar-refractivity contribution < 1.29 is 19.5 Å². The molecule has 0 atom stereocenters. The second-order valence-electron chi connectivity index (χ2n) is 6.93. The van der Waals surface area contributed by atoms with Gasteiger partial charge in [0, 0.05) is 24.4 Å². The summed E-state index contributed by atoms with van der Waals surface area (Å²) < 4.78 is 1.96. The highest BCUT2D eigenvalue weighted by Crippen LogP contribution is 2.28. The van der Waals surface area contributed by atoms with Crippen LogP contribution in [0.3, 0.4) is 0 Å². The number of amides is 1. The number of aromatic nitrogens is 1. The monoisotopic (exact) mass is 390 g/mol. The van der Waals surface area contributed by atoms with Crippen LogP contribution in [0.5, 0.6) is 0 Å². The fourth-order valence-corrected chi connectivity index (χ4v) is 3.67. The molecule has 3 aromatic rings. The Kier molecular flexibility index (Phi) is 5.64. The van der Waals surface area contributed by atoms with Crippen molar-refractivity contribution in [2.45, 2.75) is 26.8 Å². The van der Waals surface area contributed by atoms with Crippen LogP contribution in [0.2, 0.25) is 0 Å². The smallest absolute Gasteiger partial charge is 0.335 e. The minimum atomic E-state index is -1.04. The molecule has 0 aliphatic carbocycles. The van der Waals surface area contributed by atoms with Gasteiger partial charge in [0.2, 0.25) is 0 Å². The summed E-state index contributed by atoms with van der Waals surface area (Å²) >= 11 is 0. The lowest BCUT2D eigenvalue weighted by Crippen LogP contribution is -2.24. The Morgan fingerprint density at radius 1 is 0.931 bits per heavy atom. The van der Waals surface area contributed by atoms with Gasteiger partial charge in [-0.15, -0.1) is 0 Å². The average molecular weight is 390 g/mol. The molecule has 0 radical (unpaired) electrons.